The van der Waals surface area contributed by atoms with E-state index in [1.165, 1.54) is 0 Å². The predicted molar refractivity (Wildman–Crippen MR) is 119 cm³/mol. The zero-order valence-electron chi connectivity index (χ0n) is 17.2. The molecule has 0 unspecified atom stereocenters. The Morgan fingerprint density at radius 3 is 2.97 bits per heavy atom. The molecule has 1 saturated heterocycles. The highest BCUT2D eigenvalue weighted by Gasteiger charge is 2.22. The van der Waals surface area contributed by atoms with Crippen molar-refractivity contribution in [3.63, 3.8) is 0 Å². The number of ether oxygens (including phenoxy) is 1. The van der Waals surface area contributed by atoms with Crippen molar-refractivity contribution in [2.24, 2.45) is 0 Å². The van der Waals surface area contributed by atoms with Crippen LogP contribution in [0.1, 0.15) is 18.4 Å². The van der Waals surface area contributed by atoms with E-state index in [2.05, 4.69) is 37.3 Å². The number of benzene rings is 2. The number of anilines is 2. The van der Waals surface area contributed by atoms with Gasteiger partial charge < -0.3 is 10.1 Å². The van der Waals surface area contributed by atoms with Crippen LogP contribution in [0, 0.1) is 0 Å². The average molecular weight is 430 g/mol. The van der Waals surface area contributed by atoms with Crippen LogP contribution in [0.2, 0.25) is 0 Å². The molecule has 1 aliphatic heterocycles. The van der Waals surface area contributed by atoms with Gasteiger partial charge in [-0.3, -0.25) is 14.7 Å². The molecule has 8 nitrogen and oxygen atoms in total. The van der Waals surface area contributed by atoms with Gasteiger partial charge >= 0.3 is 0 Å². The number of piperidine rings is 1. The van der Waals surface area contributed by atoms with E-state index in [1.807, 2.05) is 24.4 Å². The van der Waals surface area contributed by atoms with Crippen LogP contribution in [-0.2, 0) is 16.6 Å². The van der Waals surface area contributed by atoms with Crippen LogP contribution < -0.4 is 14.8 Å². The summed E-state index contributed by atoms with van der Waals surface area (Å²) in [6, 6.07) is 12.1. The standard InChI is InChI=1S/C21H27N5O3S/c1-29-21-15(5-3-7-20(21)25-30(2,27)28)13-26-10-4-6-18(14-26)23-17-8-9-19-16(11-17)12-22-24-19/h3,5,7-9,11-12,18,23,25H,4,6,10,13-14H2,1-2H3,(H,22,24)/t18-/m0/s1. The van der Waals surface area contributed by atoms with Crippen molar-refractivity contribution in [2.45, 2.75) is 25.4 Å². The van der Waals surface area contributed by atoms with Gasteiger partial charge in [0.2, 0.25) is 10.0 Å². The summed E-state index contributed by atoms with van der Waals surface area (Å²) in [6.45, 7) is 2.59. The van der Waals surface area contributed by atoms with E-state index in [-0.39, 0.29) is 0 Å². The molecular weight excluding hydrogens is 402 g/mol. The van der Waals surface area contributed by atoms with E-state index in [1.54, 1.807) is 13.2 Å². The molecule has 0 radical (unpaired) electrons. The summed E-state index contributed by atoms with van der Waals surface area (Å²) in [5.41, 5.74) is 3.55. The Bertz CT molecular complexity index is 1130. The van der Waals surface area contributed by atoms with Gasteiger partial charge in [0.25, 0.3) is 0 Å². The molecule has 1 atom stereocenters. The summed E-state index contributed by atoms with van der Waals surface area (Å²) < 4.78 is 31.4. The van der Waals surface area contributed by atoms with E-state index < -0.39 is 10.0 Å². The van der Waals surface area contributed by atoms with Crippen LogP contribution in [-0.4, -0.2) is 56.0 Å². The number of aromatic amines is 1. The van der Waals surface area contributed by atoms with Gasteiger partial charge in [0.1, 0.15) is 5.75 Å². The summed E-state index contributed by atoms with van der Waals surface area (Å²) in [6.07, 6.45) is 5.17. The molecule has 9 heteroatoms. The number of aromatic nitrogens is 2. The summed E-state index contributed by atoms with van der Waals surface area (Å²) in [7, 11) is -1.81. The molecule has 30 heavy (non-hydrogen) atoms. The lowest BCUT2D eigenvalue weighted by Crippen LogP contribution is -2.41. The van der Waals surface area contributed by atoms with Crippen LogP contribution in [0.4, 0.5) is 11.4 Å². The predicted octanol–water partition coefficient (Wildman–Crippen LogP) is 3.02. The van der Waals surface area contributed by atoms with E-state index in [4.69, 9.17) is 4.74 Å². The van der Waals surface area contributed by atoms with Gasteiger partial charge in [-0.1, -0.05) is 12.1 Å². The van der Waals surface area contributed by atoms with Crippen LogP contribution in [0.25, 0.3) is 10.9 Å². The first-order chi connectivity index (χ1) is 14.4. The smallest absolute Gasteiger partial charge is 0.229 e. The Balaban J connectivity index is 1.45. The molecule has 0 saturated carbocycles. The molecule has 0 bridgehead atoms. The fraction of sp³-hybridized carbons (Fsp3) is 0.381. The molecule has 3 aromatic rings. The number of likely N-dealkylation sites (tertiary alicyclic amines) is 1. The number of nitrogens with one attached hydrogen (secondary N) is 3. The summed E-state index contributed by atoms with van der Waals surface area (Å²) in [4.78, 5) is 2.37. The number of rotatable bonds is 7. The summed E-state index contributed by atoms with van der Waals surface area (Å²) >= 11 is 0. The molecule has 2 heterocycles. The largest absolute Gasteiger partial charge is 0.494 e. The Morgan fingerprint density at radius 2 is 2.17 bits per heavy atom. The fourth-order valence-corrected chi connectivity index (χ4v) is 4.62. The molecule has 1 aliphatic rings. The third kappa shape index (κ3) is 4.85. The first-order valence-electron chi connectivity index (χ1n) is 9.97. The summed E-state index contributed by atoms with van der Waals surface area (Å²) in [5, 5.41) is 11.8. The van der Waals surface area contributed by atoms with Gasteiger partial charge in [-0.15, -0.1) is 0 Å². The third-order valence-electron chi connectivity index (χ3n) is 5.31. The molecule has 4 rings (SSSR count). The number of methoxy groups -OCH3 is 1. The molecule has 0 aliphatic carbocycles. The zero-order valence-corrected chi connectivity index (χ0v) is 18.0. The number of nitrogens with zero attached hydrogens (tertiary/aromatic N) is 2. The van der Waals surface area contributed by atoms with Crippen molar-refractivity contribution in [1.82, 2.24) is 15.1 Å². The molecule has 1 fully saturated rings. The minimum atomic E-state index is -3.37. The maximum Gasteiger partial charge on any atom is 0.229 e. The second-order valence-electron chi connectivity index (χ2n) is 7.76. The molecule has 1 aromatic heterocycles. The SMILES string of the molecule is COc1c(CN2CCC[C@H](Nc3ccc4[nH]ncc4c3)C2)cccc1NS(C)(=O)=O. The Hall–Kier alpha value is -2.78. The van der Waals surface area contributed by atoms with E-state index >= 15 is 0 Å². The zero-order chi connectivity index (χ0) is 21.1. The first kappa shape index (κ1) is 20.5. The van der Waals surface area contributed by atoms with Crippen molar-refractivity contribution >= 4 is 32.3 Å². The van der Waals surface area contributed by atoms with Crippen LogP contribution in [0.15, 0.2) is 42.6 Å². The highest BCUT2D eigenvalue weighted by atomic mass is 32.2. The lowest BCUT2D eigenvalue weighted by Gasteiger charge is -2.34. The van der Waals surface area contributed by atoms with E-state index in [9.17, 15) is 8.42 Å². The minimum Gasteiger partial charge on any atom is -0.494 e. The van der Waals surface area contributed by atoms with Crippen molar-refractivity contribution in [3.05, 3.63) is 48.2 Å². The molecule has 3 N–H and O–H groups in total. The Labute approximate surface area is 176 Å². The van der Waals surface area contributed by atoms with Crippen molar-refractivity contribution in [1.29, 1.82) is 0 Å². The number of hydrogen-bond donors (Lipinski definition) is 3. The van der Waals surface area contributed by atoms with Crippen molar-refractivity contribution < 1.29 is 13.2 Å². The second kappa shape index (κ2) is 8.53. The van der Waals surface area contributed by atoms with Crippen LogP contribution in [0.5, 0.6) is 5.75 Å². The number of H-pyrrole nitrogens is 1. The highest BCUT2D eigenvalue weighted by molar-refractivity contribution is 7.92. The normalized spacial score (nSPS) is 17.7. The monoisotopic (exact) mass is 429 g/mol. The fourth-order valence-electron chi connectivity index (χ4n) is 4.06. The lowest BCUT2D eigenvalue weighted by atomic mass is 10.0. The van der Waals surface area contributed by atoms with Gasteiger partial charge in [0, 0.05) is 35.8 Å². The average Bonchev–Trinajstić information content (AvgIpc) is 3.15. The number of sulfonamides is 1. The maximum absolute atomic E-state index is 11.7. The minimum absolute atomic E-state index is 0.339. The van der Waals surface area contributed by atoms with Gasteiger partial charge in [-0.25, -0.2) is 8.42 Å². The molecular formula is C21H27N5O3S. The van der Waals surface area contributed by atoms with Gasteiger partial charge in [-0.05, 0) is 43.7 Å². The number of hydrogen-bond acceptors (Lipinski definition) is 6. The maximum atomic E-state index is 11.7. The van der Waals surface area contributed by atoms with Crippen molar-refractivity contribution in [2.75, 3.05) is 36.5 Å². The van der Waals surface area contributed by atoms with Crippen LogP contribution >= 0.6 is 0 Å². The third-order valence-corrected chi connectivity index (χ3v) is 5.90. The Morgan fingerprint density at radius 1 is 1.30 bits per heavy atom. The van der Waals surface area contributed by atoms with Crippen LogP contribution in [0.3, 0.4) is 0 Å². The highest BCUT2D eigenvalue weighted by Crippen LogP contribution is 2.31. The number of fused-ring (bicyclic) bond motifs is 1. The van der Waals surface area contributed by atoms with Gasteiger partial charge in [0.15, 0.2) is 0 Å². The molecule has 0 amide bonds. The van der Waals surface area contributed by atoms with Gasteiger partial charge in [0.05, 0.1) is 30.8 Å². The second-order valence-corrected chi connectivity index (χ2v) is 9.51. The molecule has 0 spiro atoms. The quantitative estimate of drug-likeness (QED) is 0.534. The first-order valence-corrected chi connectivity index (χ1v) is 11.9. The lowest BCUT2D eigenvalue weighted by molar-refractivity contribution is 0.206. The van der Waals surface area contributed by atoms with Gasteiger partial charge in [-0.2, -0.15) is 5.10 Å². The molecule has 160 valence electrons. The number of para-hydroxylation sites is 1. The Kier molecular flexibility index (Phi) is 5.83. The molecule has 2 aromatic carbocycles. The summed E-state index contributed by atoms with van der Waals surface area (Å²) in [5.74, 6) is 0.573. The van der Waals surface area contributed by atoms with E-state index in [0.717, 1.165) is 54.3 Å². The topological polar surface area (TPSA) is 99.3 Å². The van der Waals surface area contributed by atoms with Crippen molar-refractivity contribution in [3.8, 4) is 5.75 Å². The van der Waals surface area contributed by atoms with E-state index in [0.29, 0.717) is 24.0 Å².